The van der Waals surface area contributed by atoms with E-state index >= 15 is 0 Å². The molecule has 3 aliphatic heterocycles. The van der Waals surface area contributed by atoms with Crippen LogP contribution in [0.3, 0.4) is 0 Å². The van der Waals surface area contributed by atoms with E-state index in [0.717, 1.165) is 25.7 Å². The lowest BCUT2D eigenvalue weighted by Gasteiger charge is -2.39. The van der Waals surface area contributed by atoms with E-state index in [-0.39, 0.29) is 54.5 Å². The number of aliphatic hydroxyl groups is 1. The molecule has 0 spiro atoms. The van der Waals surface area contributed by atoms with E-state index in [2.05, 4.69) is 10.3 Å². The molecule has 4 heterocycles. The van der Waals surface area contributed by atoms with Crippen LogP contribution in [0.15, 0.2) is 36.5 Å². The highest BCUT2D eigenvalue weighted by Gasteiger charge is 2.44. The van der Waals surface area contributed by atoms with Gasteiger partial charge in [0.15, 0.2) is 0 Å². The number of anilines is 1. The van der Waals surface area contributed by atoms with Crippen LogP contribution in [0.1, 0.15) is 42.5 Å². The van der Waals surface area contributed by atoms with Crippen LogP contribution in [0.2, 0.25) is 5.02 Å². The number of amides is 2. The topological polar surface area (TPSA) is 95.0 Å². The van der Waals surface area contributed by atoms with Crippen molar-refractivity contribution in [3.05, 3.63) is 52.9 Å². The summed E-state index contributed by atoms with van der Waals surface area (Å²) in [4.78, 5) is 33.9. The molecule has 3 fully saturated rings. The highest BCUT2D eigenvalue weighted by molar-refractivity contribution is 6.31. The molecule has 0 saturated carbocycles. The number of fused-ring (bicyclic) bond motifs is 2. The minimum absolute atomic E-state index is 0.00796. The number of carbonyl (C=O) groups excluding carboxylic acids is 2. The van der Waals surface area contributed by atoms with Gasteiger partial charge in [0.1, 0.15) is 23.5 Å². The number of pyridine rings is 1. The number of benzene rings is 1. The van der Waals surface area contributed by atoms with Crippen molar-refractivity contribution in [3.63, 3.8) is 0 Å². The quantitative estimate of drug-likeness (QED) is 0.630. The summed E-state index contributed by atoms with van der Waals surface area (Å²) in [7, 11) is 0. The van der Waals surface area contributed by atoms with E-state index < -0.39 is 6.10 Å². The molecule has 5 rings (SSSR count). The molecular weight excluding hydrogens is 475 g/mol. The maximum Gasteiger partial charge on any atom is 0.257 e. The molecular formula is C25H28ClFN4O4. The molecule has 3 atom stereocenters. The third kappa shape index (κ3) is 5.21. The van der Waals surface area contributed by atoms with Gasteiger partial charge in [-0.25, -0.2) is 9.37 Å². The summed E-state index contributed by atoms with van der Waals surface area (Å²) in [6, 6.07) is 7.71. The molecule has 3 saturated heterocycles. The summed E-state index contributed by atoms with van der Waals surface area (Å²) in [6.07, 6.45) is 4.69. The molecule has 10 heteroatoms. The normalized spacial score (nSPS) is 25.6. The molecule has 8 nitrogen and oxygen atoms in total. The van der Waals surface area contributed by atoms with Gasteiger partial charge < -0.3 is 25.0 Å². The summed E-state index contributed by atoms with van der Waals surface area (Å²) in [5.41, 5.74) is 0.286. The summed E-state index contributed by atoms with van der Waals surface area (Å²) in [6.45, 7) is 0.735. The lowest BCUT2D eigenvalue weighted by Crippen LogP contribution is -2.51. The van der Waals surface area contributed by atoms with Gasteiger partial charge in [0.25, 0.3) is 5.91 Å². The number of nitrogens with one attached hydrogen (secondary N) is 1. The number of likely N-dealkylation sites (tertiary alicyclic amines) is 1. The predicted molar refractivity (Wildman–Crippen MR) is 128 cm³/mol. The Morgan fingerprint density at radius 1 is 1.17 bits per heavy atom. The molecule has 0 radical (unpaired) electrons. The molecule has 35 heavy (non-hydrogen) atoms. The Hall–Kier alpha value is -2.91. The molecule has 2 N–H and O–H groups in total. The molecule has 3 aliphatic rings. The Balaban J connectivity index is 1.21. The largest absolute Gasteiger partial charge is 0.490 e. The predicted octanol–water partition coefficient (Wildman–Crippen LogP) is 3.09. The van der Waals surface area contributed by atoms with Gasteiger partial charge >= 0.3 is 0 Å². The number of aromatic nitrogens is 1. The molecule has 2 amide bonds. The van der Waals surface area contributed by atoms with Gasteiger partial charge in [-0.15, -0.1) is 0 Å². The Bertz CT molecular complexity index is 1090. The Labute approximate surface area is 208 Å². The zero-order valence-electron chi connectivity index (χ0n) is 19.2. The van der Waals surface area contributed by atoms with E-state index in [1.165, 1.54) is 24.4 Å². The van der Waals surface area contributed by atoms with Crippen molar-refractivity contribution in [3.8, 4) is 5.75 Å². The Morgan fingerprint density at radius 3 is 2.54 bits per heavy atom. The molecule has 1 aromatic heterocycles. The van der Waals surface area contributed by atoms with Crippen LogP contribution >= 0.6 is 11.6 Å². The number of halogens is 2. The van der Waals surface area contributed by atoms with E-state index in [0.29, 0.717) is 29.6 Å². The minimum atomic E-state index is -0.533. The van der Waals surface area contributed by atoms with Gasteiger partial charge in [0, 0.05) is 44.2 Å². The summed E-state index contributed by atoms with van der Waals surface area (Å²) < 4.78 is 19.2. The van der Waals surface area contributed by atoms with Crippen LogP contribution in [-0.2, 0) is 4.79 Å². The first-order valence-electron chi connectivity index (χ1n) is 12.0. The average molecular weight is 503 g/mol. The molecule has 2 bridgehead atoms. The number of rotatable bonds is 6. The zero-order chi connectivity index (χ0) is 24.5. The van der Waals surface area contributed by atoms with Crippen molar-refractivity contribution in [1.29, 1.82) is 0 Å². The first-order valence-corrected chi connectivity index (χ1v) is 12.4. The van der Waals surface area contributed by atoms with Crippen LogP contribution < -0.4 is 10.1 Å². The van der Waals surface area contributed by atoms with Crippen molar-refractivity contribution in [2.45, 2.75) is 56.4 Å². The maximum absolute atomic E-state index is 13.2. The number of piperidine rings is 1. The van der Waals surface area contributed by atoms with Gasteiger partial charge in [-0.3, -0.25) is 9.59 Å². The molecule has 186 valence electrons. The van der Waals surface area contributed by atoms with Crippen molar-refractivity contribution >= 4 is 29.2 Å². The number of hydrogen-bond donors (Lipinski definition) is 2. The lowest BCUT2D eigenvalue weighted by molar-refractivity contribution is -0.135. The van der Waals surface area contributed by atoms with E-state index in [1.54, 1.807) is 17.0 Å². The highest BCUT2D eigenvalue weighted by Crippen LogP contribution is 2.37. The fourth-order valence-corrected chi connectivity index (χ4v) is 5.58. The smallest absolute Gasteiger partial charge is 0.257 e. The molecule has 0 aliphatic carbocycles. The fourth-order valence-electron chi connectivity index (χ4n) is 5.43. The SMILES string of the molecule is O=C(c1cc(Cl)cnc1NCC(=O)N1C2CCC1CC(Oc1ccc(F)cc1)C2)N1CC[C@H](O)C1. The van der Waals surface area contributed by atoms with E-state index in [1.807, 2.05) is 4.90 Å². The molecule has 1 aromatic carbocycles. The third-order valence-corrected chi connectivity index (χ3v) is 7.24. The first kappa shape index (κ1) is 23.8. The van der Waals surface area contributed by atoms with Crippen LogP contribution in [0.25, 0.3) is 0 Å². The average Bonchev–Trinajstić information content (AvgIpc) is 3.39. The Kier molecular flexibility index (Phi) is 6.80. The van der Waals surface area contributed by atoms with Crippen LogP contribution in [-0.4, -0.2) is 75.6 Å². The van der Waals surface area contributed by atoms with E-state index in [4.69, 9.17) is 16.3 Å². The fraction of sp³-hybridized carbons (Fsp3) is 0.480. The summed E-state index contributed by atoms with van der Waals surface area (Å²) >= 11 is 6.09. The van der Waals surface area contributed by atoms with E-state index in [9.17, 15) is 19.1 Å². The van der Waals surface area contributed by atoms with Crippen molar-refractivity contribution in [2.75, 3.05) is 25.0 Å². The minimum Gasteiger partial charge on any atom is -0.490 e. The zero-order valence-corrected chi connectivity index (χ0v) is 20.0. The second-order valence-corrected chi connectivity index (χ2v) is 9.88. The van der Waals surface area contributed by atoms with Gasteiger partial charge in [0.2, 0.25) is 5.91 Å². The van der Waals surface area contributed by atoms with Gasteiger partial charge in [-0.05, 0) is 49.6 Å². The number of carbonyl (C=O) groups is 2. The lowest BCUT2D eigenvalue weighted by atomic mass is 9.99. The molecule has 2 aromatic rings. The van der Waals surface area contributed by atoms with Gasteiger partial charge in [0.05, 0.1) is 23.2 Å². The number of β-amino-alcohol motifs (C(OH)–C–C–N with tert-alkyl or cyclic N) is 1. The van der Waals surface area contributed by atoms with Crippen LogP contribution in [0.5, 0.6) is 5.75 Å². The van der Waals surface area contributed by atoms with Crippen LogP contribution in [0, 0.1) is 5.82 Å². The number of aliphatic hydroxyl groups excluding tert-OH is 1. The van der Waals surface area contributed by atoms with Gasteiger partial charge in [-0.1, -0.05) is 11.6 Å². The number of nitrogens with zero attached hydrogens (tertiary/aromatic N) is 3. The van der Waals surface area contributed by atoms with Crippen LogP contribution in [0.4, 0.5) is 10.2 Å². The number of ether oxygens (including phenoxy) is 1. The number of hydrogen-bond acceptors (Lipinski definition) is 6. The van der Waals surface area contributed by atoms with Crippen molar-refractivity contribution in [2.24, 2.45) is 0 Å². The Morgan fingerprint density at radius 2 is 1.89 bits per heavy atom. The third-order valence-electron chi connectivity index (χ3n) is 7.04. The monoisotopic (exact) mass is 502 g/mol. The highest BCUT2D eigenvalue weighted by atomic mass is 35.5. The summed E-state index contributed by atoms with van der Waals surface area (Å²) in [5, 5.41) is 13.1. The first-order chi connectivity index (χ1) is 16.9. The second kappa shape index (κ2) is 9.99. The second-order valence-electron chi connectivity index (χ2n) is 9.45. The molecule has 2 unspecified atom stereocenters. The summed E-state index contributed by atoms with van der Waals surface area (Å²) in [5.74, 6) is 0.308. The maximum atomic E-state index is 13.2. The van der Waals surface area contributed by atoms with Crippen molar-refractivity contribution in [1.82, 2.24) is 14.8 Å². The standard InChI is InChI=1S/C25H28ClFN4O4/c26-15-9-22(25(34)30-8-7-19(32)14-30)24(28-12-15)29-13-23(33)31-17-3-4-18(31)11-21(10-17)35-20-5-1-16(27)2-6-20/h1-2,5-6,9,12,17-19,21,32H,3-4,7-8,10-11,13-14H2,(H,28,29)/t17?,18?,19-,21?/m0/s1. The van der Waals surface area contributed by atoms with Crippen molar-refractivity contribution < 1.29 is 23.8 Å². The van der Waals surface area contributed by atoms with Gasteiger partial charge in [-0.2, -0.15) is 0 Å².